The normalized spacial score (nSPS) is 20.5. The number of rotatable bonds is 3. The molecule has 1 atom stereocenters. The molecule has 1 saturated heterocycles. The lowest BCUT2D eigenvalue weighted by molar-refractivity contribution is 0.0952. The first kappa shape index (κ1) is 11.1. The minimum atomic E-state index is 0.0394. The molecular formula is C10H13BrN2OS. The third-order valence-electron chi connectivity index (χ3n) is 2.51. The van der Waals surface area contributed by atoms with Gasteiger partial charge in [-0.2, -0.15) is 0 Å². The van der Waals surface area contributed by atoms with Gasteiger partial charge in [0.25, 0.3) is 5.91 Å². The van der Waals surface area contributed by atoms with E-state index in [2.05, 4.69) is 26.6 Å². The second kappa shape index (κ2) is 5.09. The fraction of sp³-hybridized carbons (Fsp3) is 0.500. The van der Waals surface area contributed by atoms with Gasteiger partial charge in [-0.25, -0.2) is 0 Å². The Morgan fingerprint density at radius 3 is 3.13 bits per heavy atom. The summed E-state index contributed by atoms with van der Waals surface area (Å²) < 4.78 is 0.996. The van der Waals surface area contributed by atoms with Crippen molar-refractivity contribution >= 4 is 33.2 Å². The van der Waals surface area contributed by atoms with E-state index in [1.165, 1.54) is 11.3 Å². The molecule has 0 aromatic carbocycles. The molecule has 0 saturated carbocycles. The van der Waals surface area contributed by atoms with Gasteiger partial charge in [0.15, 0.2) is 0 Å². The topological polar surface area (TPSA) is 41.1 Å². The number of hydrogen-bond acceptors (Lipinski definition) is 3. The van der Waals surface area contributed by atoms with E-state index in [0.717, 1.165) is 34.7 Å². The van der Waals surface area contributed by atoms with Crippen LogP contribution in [0.4, 0.5) is 0 Å². The van der Waals surface area contributed by atoms with Crippen LogP contribution < -0.4 is 10.6 Å². The van der Waals surface area contributed by atoms with E-state index in [-0.39, 0.29) is 5.91 Å². The van der Waals surface area contributed by atoms with Gasteiger partial charge in [0.2, 0.25) is 0 Å². The first-order valence-corrected chi connectivity index (χ1v) is 6.61. The second-order valence-corrected chi connectivity index (χ2v) is 6.14. The number of amides is 1. The van der Waals surface area contributed by atoms with Crippen LogP contribution in [0.3, 0.4) is 0 Å². The fourth-order valence-electron chi connectivity index (χ4n) is 1.65. The molecule has 1 unspecified atom stereocenters. The van der Waals surface area contributed by atoms with Gasteiger partial charge in [0.1, 0.15) is 0 Å². The lowest BCUT2D eigenvalue weighted by atomic mass is 10.1. The molecular weight excluding hydrogens is 276 g/mol. The summed E-state index contributed by atoms with van der Waals surface area (Å²) in [5.41, 5.74) is 0. The SMILES string of the molecule is O=C(NCC1CCNC1)c1ccc(Br)s1. The number of carbonyl (C=O) groups excluding carboxylic acids is 1. The van der Waals surface area contributed by atoms with Crippen molar-refractivity contribution in [1.82, 2.24) is 10.6 Å². The summed E-state index contributed by atoms with van der Waals surface area (Å²) in [7, 11) is 0. The molecule has 0 aliphatic carbocycles. The fourth-order valence-corrected chi connectivity index (χ4v) is 2.95. The Balaban J connectivity index is 1.81. The van der Waals surface area contributed by atoms with Crippen molar-refractivity contribution in [1.29, 1.82) is 0 Å². The summed E-state index contributed by atoms with van der Waals surface area (Å²) in [6, 6.07) is 3.74. The van der Waals surface area contributed by atoms with Crippen LogP contribution in [0.25, 0.3) is 0 Å². The monoisotopic (exact) mass is 288 g/mol. The first-order chi connectivity index (χ1) is 7.25. The molecule has 1 aromatic rings. The predicted octanol–water partition coefficient (Wildman–Crippen LogP) is 1.85. The highest BCUT2D eigenvalue weighted by atomic mass is 79.9. The Labute approximate surface area is 101 Å². The molecule has 3 nitrogen and oxygen atoms in total. The Morgan fingerprint density at radius 1 is 1.67 bits per heavy atom. The molecule has 0 radical (unpaired) electrons. The minimum Gasteiger partial charge on any atom is -0.351 e. The van der Waals surface area contributed by atoms with Gasteiger partial charge in [-0.1, -0.05) is 0 Å². The van der Waals surface area contributed by atoms with E-state index in [1.54, 1.807) is 0 Å². The average Bonchev–Trinajstić information content (AvgIpc) is 2.84. The van der Waals surface area contributed by atoms with Gasteiger partial charge in [-0.3, -0.25) is 4.79 Å². The number of thiophene rings is 1. The molecule has 5 heteroatoms. The zero-order valence-electron chi connectivity index (χ0n) is 8.25. The highest BCUT2D eigenvalue weighted by Gasteiger charge is 2.16. The first-order valence-electron chi connectivity index (χ1n) is 5.00. The molecule has 15 heavy (non-hydrogen) atoms. The molecule has 1 aliphatic rings. The lowest BCUT2D eigenvalue weighted by Gasteiger charge is -2.08. The largest absolute Gasteiger partial charge is 0.351 e. The zero-order chi connectivity index (χ0) is 10.7. The molecule has 0 bridgehead atoms. The van der Waals surface area contributed by atoms with E-state index in [0.29, 0.717) is 5.92 Å². The van der Waals surface area contributed by atoms with Crippen LogP contribution in [-0.2, 0) is 0 Å². The maximum absolute atomic E-state index is 11.7. The molecule has 82 valence electrons. The van der Waals surface area contributed by atoms with Gasteiger partial charge >= 0.3 is 0 Å². The molecule has 1 aliphatic heterocycles. The van der Waals surface area contributed by atoms with Crippen molar-refractivity contribution in [2.75, 3.05) is 19.6 Å². The third-order valence-corrected chi connectivity index (χ3v) is 4.13. The van der Waals surface area contributed by atoms with Crippen LogP contribution in [-0.4, -0.2) is 25.5 Å². The van der Waals surface area contributed by atoms with Crippen molar-refractivity contribution < 1.29 is 4.79 Å². The zero-order valence-corrected chi connectivity index (χ0v) is 10.7. The maximum atomic E-state index is 11.7. The van der Waals surface area contributed by atoms with Crippen LogP contribution in [0.2, 0.25) is 0 Å². The molecule has 0 spiro atoms. The van der Waals surface area contributed by atoms with Gasteiger partial charge in [-0.05, 0) is 53.5 Å². The summed E-state index contributed by atoms with van der Waals surface area (Å²) in [6.45, 7) is 2.88. The van der Waals surface area contributed by atoms with E-state index in [1.807, 2.05) is 12.1 Å². The van der Waals surface area contributed by atoms with E-state index >= 15 is 0 Å². The van der Waals surface area contributed by atoms with Crippen LogP contribution in [0, 0.1) is 5.92 Å². The summed E-state index contributed by atoms with van der Waals surface area (Å²) >= 11 is 4.81. The Kier molecular flexibility index (Phi) is 3.77. The summed E-state index contributed by atoms with van der Waals surface area (Å²) in [6.07, 6.45) is 1.16. The smallest absolute Gasteiger partial charge is 0.261 e. The van der Waals surface area contributed by atoms with E-state index in [4.69, 9.17) is 0 Å². The van der Waals surface area contributed by atoms with Crippen LogP contribution in [0.15, 0.2) is 15.9 Å². The molecule has 1 fully saturated rings. The van der Waals surface area contributed by atoms with Crippen LogP contribution in [0.1, 0.15) is 16.1 Å². The standard InChI is InChI=1S/C10H13BrN2OS/c11-9-2-1-8(15-9)10(14)13-6-7-3-4-12-5-7/h1-2,7,12H,3-6H2,(H,13,14). The second-order valence-electron chi connectivity index (χ2n) is 3.67. The Hall–Kier alpha value is -0.390. The molecule has 1 amide bonds. The van der Waals surface area contributed by atoms with Crippen molar-refractivity contribution in [3.8, 4) is 0 Å². The minimum absolute atomic E-state index is 0.0394. The van der Waals surface area contributed by atoms with Crippen LogP contribution in [0.5, 0.6) is 0 Å². The molecule has 2 heterocycles. The number of nitrogens with one attached hydrogen (secondary N) is 2. The van der Waals surface area contributed by atoms with Gasteiger partial charge < -0.3 is 10.6 Å². The van der Waals surface area contributed by atoms with E-state index in [9.17, 15) is 4.79 Å². The van der Waals surface area contributed by atoms with Gasteiger partial charge in [-0.15, -0.1) is 11.3 Å². The molecule has 2 rings (SSSR count). The molecule has 1 aromatic heterocycles. The Morgan fingerprint density at radius 2 is 2.53 bits per heavy atom. The van der Waals surface area contributed by atoms with Crippen LogP contribution >= 0.6 is 27.3 Å². The predicted molar refractivity (Wildman–Crippen MR) is 65.3 cm³/mol. The quantitative estimate of drug-likeness (QED) is 0.891. The third kappa shape index (κ3) is 3.03. The lowest BCUT2D eigenvalue weighted by Crippen LogP contribution is -2.29. The average molecular weight is 289 g/mol. The molecule has 2 N–H and O–H groups in total. The highest BCUT2D eigenvalue weighted by molar-refractivity contribution is 9.11. The van der Waals surface area contributed by atoms with Gasteiger partial charge in [0, 0.05) is 6.54 Å². The number of hydrogen-bond donors (Lipinski definition) is 2. The van der Waals surface area contributed by atoms with E-state index < -0.39 is 0 Å². The van der Waals surface area contributed by atoms with Crippen molar-refractivity contribution in [3.63, 3.8) is 0 Å². The highest BCUT2D eigenvalue weighted by Crippen LogP contribution is 2.21. The van der Waals surface area contributed by atoms with Crippen molar-refractivity contribution in [2.45, 2.75) is 6.42 Å². The summed E-state index contributed by atoms with van der Waals surface area (Å²) in [5.74, 6) is 0.634. The van der Waals surface area contributed by atoms with Gasteiger partial charge in [0.05, 0.1) is 8.66 Å². The summed E-state index contributed by atoms with van der Waals surface area (Å²) in [5, 5.41) is 6.25. The van der Waals surface area contributed by atoms with Crippen molar-refractivity contribution in [2.24, 2.45) is 5.92 Å². The number of carbonyl (C=O) groups is 1. The Bertz CT molecular complexity index is 347. The maximum Gasteiger partial charge on any atom is 0.261 e. The summed E-state index contributed by atoms with van der Waals surface area (Å²) in [4.78, 5) is 12.4. The van der Waals surface area contributed by atoms with Crippen molar-refractivity contribution in [3.05, 3.63) is 20.8 Å². The number of halogens is 1.